The standard InChI is InChI=1S/C26H21Cl2N3O/c1-15-3-7-17(8-4-15)14-31-25(19-11-12-20(27)21(28)13-19)22-23(29-30-24(22)26(31)32)18-9-5-16(2)6-10-18/h3-13,25H,14H2,1-2H3,(H,29,30). The minimum Gasteiger partial charge on any atom is -0.322 e. The number of aromatic nitrogens is 2. The molecule has 6 heteroatoms. The fraction of sp³-hybridized carbons (Fsp3) is 0.154. The molecule has 0 fully saturated rings. The summed E-state index contributed by atoms with van der Waals surface area (Å²) in [7, 11) is 0. The molecule has 1 unspecified atom stereocenters. The molecule has 0 saturated heterocycles. The Morgan fingerprint density at radius 1 is 0.906 bits per heavy atom. The second kappa shape index (κ2) is 8.12. The van der Waals surface area contributed by atoms with Crippen molar-refractivity contribution < 1.29 is 4.79 Å². The number of benzene rings is 3. The van der Waals surface area contributed by atoms with E-state index in [1.54, 1.807) is 6.07 Å². The lowest BCUT2D eigenvalue weighted by Gasteiger charge is -2.27. The van der Waals surface area contributed by atoms with Crippen molar-refractivity contribution in [1.29, 1.82) is 0 Å². The van der Waals surface area contributed by atoms with E-state index in [1.807, 2.05) is 55.1 Å². The largest absolute Gasteiger partial charge is 0.322 e. The molecule has 32 heavy (non-hydrogen) atoms. The topological polar surface area (TPSA) is 49.0 Å². The predicted molar refractivity (Wildman–Crippen MR) is 128 cm³/mol. The molecule has 1 N–H and O–H groups in total. The van der Waals surface area contributed by atoms with Gasteiger partial charge in [0.2, 0.25) is 0 Å². The highest BCUT2D eigenvalue weighted by Crippen LogP contribution is 2.44. The molecule has 160 valence electrons. The molecular weight excluding hydrogens is 441 g/mol. The van der Waals surface area contributed by atoms with Crippen LogP contribution in [-0.2, 0) is 6.54 Å². The molecule has 4 aromatic rings. The van der Waals surface area contributed by atoms with Crippen molar-refractivity contribution in [3.63, 3.8) is 0 Å². The Balaban J connectivity index is 1.65. The van der Waals surface area contributed by atoms with Gasteiger partial charge in [0.15, 0.2) is 0 Å². The summed E-state index contributed by atoms with van der Waals surface area (Å²) in [5.41, 5.74) is 7.42. The molecule has 0 radical (unpaired) electrons. The molecule has 2 heterocycles. The van der Waals surface area contributed by atoms with Crippen LogP contribution in [0, 0.1) is 13.8 Å². The highest BCUT2D eigenvalue weighted by atomic mass is 35.5. The Morgan fingerprint density at radius 2 is 1.56 bits per heavy atom. The number of rotatable bonds is 4. The van der Waals surface area contributed by atoms with Crippen molar-refractivity contribution in [2.24, 2.45) is 0 Å². The summed E-state index contributed by atoms with van der Waals surface area (Å²) in [5, 5.41) is 8.47. The molecular formula is C26H21Cl2N3O. The van der Waals surface area contributed by atoms with Crippen LogP contribution in [0.1, 0.15) is 44.3 Å². The minimum absolute atomic E-state index is 0.0810. The third kappa shape index (κ3) is 3.60. The number of H-pyrrole nitrogens is 1. The Morgan fingerprint density at radius 3 is 2.22 bits per heavy atom. The smallest absolute Gasteiger partial charge is 0.273 e. The van der Waals surface area contributed by atoms with E-state index in [4.69, 9.17) is 23.2 Å². The van der Waals surface area contributed by atoms with Gasteiger partial charge in [-0.05, 0) is 37.1 Å². The Kier molecular flexibility index (Phi) is 5.28. The first-order valence-corrected chi connectivity index (χ1v) is 11.1. The van der Waals surface area contributed by atoms with E-state index < -0.39 is 0 Å². The molecule has 0 bridgehead atoms. The number of nitrogens with one attached hydrogen (secondary N) is 1. The van der Waals surface area contributed by atoms with Gasteiger partial charge < -0.3 is 4.90 Å². The zero-order chi connectivity index (χ0) is 22.4. The van der Waals surface area contributed by atoms with Crippen LogP contribution in [0.2, 0.25) is 10.0 Å². The monoisotopic (exact) mass is 461 g/mol. The highest BCUT2D eigenvalue weighted by molar-refractivity contribution is 6.42. The van der Waals surface area contributed by atoms with Crippen LogP contribution in [0.15, 0.2) is 66.7 Å². The summed E-state index contributed by atoms with van der Waals surface area (Å²) in [4.78, 5) is 15.4. The minimum atomic E-state index is -0.330. The first-order chi connectivity index (χ1) is 15.4. The van der Waals surface area contributed by atoms with Crippen LogP contribution in [-0.4, -0.2) is 21.0 Å². The fourth-order valence-electron chi connectivity index (χ4n) is 4.21. The first-order valence-electron chi connectivity index (χ1n) is 10.4. The van der Waals surface area contributed by atoms with Gasteiger partial charge in [-0.25, -0.2) is 0 Å². The maximum atomic E-state index is 13.5. The van der Waals surface area contributed by atoms with E-state index in [1.165, 1.54) is 11.1 Å². The number of aryl methyl sites for hydroxylation is 2. The van der Waals surface area contributed by atoms with Crippen LogP contribution in [0.3, 0.4) is 0 Å². The number of carbonyl (C=O) groups is 1. The van der Waals surface area contributed by atoms with Gasteiger partial charge >= 0.3 is 0 Å². The number of amides is 1. The van der Waals surface area contributed by atoms with Gasteiger partial charge in [0.25, 0.3) is 5.91 Å². The molecule has 1 aromatic heterocycles. The Labute approximate surface area is 196 Å². The van der Waals surface area contributed by atoms with E-state index >= 15 is 0 Å². The molecule has 1 amide bonds. The summed E-state index contributed by atoms with van der Waals surface area (Å²) in [6.07, 6.45) is 0. The van der Waals surface area contributed by atoms with Crippen molar-refractivity contribution in [1.82, 2.24) is 15.1 Å². The lowest BCUT2D eigenvalue weighted by molar-refractivity contribution is 0.0730. The molecule has 4 nitrogen and oxygen atoms in total. The molecule has 0 saturated carbocycles. The molecule has 0 aliphatic carbocycles. The van der Waals surface area contributed by atoms with E-state index in [-0.39, 0.29) is 11.9 Å². The van der Waals surface area contributed by atoms with Crippen LogP contribution in [0.5, 0.6) is 0 Å². The summed E-state index contributed by atoms with van der Waals surface area (Å²) in [6, 6.07) is 21.6. The van der Waals surface area contributed by atoms with Gasteiger partial charge in [-0.15, -0.1) is 0 Å². The van der Waals surface area contributed by atoms with Gasteiger partial charge in [-0.2, -0.15) is 5.10 Å². The van der Waals surface area contributed by atoms with Gasteiger partial charge in [-0.1, -0.05) is 88.9 Å². The third-order valence-electron chi connectivity index (χ3n) is 5.92. The van der Waals surface area contributed by atoms with Crippen LogP contribution < -0.4 is 0 Å². The third-order valence-corrected chi connectivity index (χ3v) is 6.66. The average Bonchev–Trinajstić information content (AvgIpc) is 3.32. The van der Waals surface area contributed by atoms with Crippen molar-refractivity contribution in [3.8, 4) is 11.3 Å². The van der Waals surface area contributed by atoms with E-state index in [2.05, 4.69) is 34.5 Å². The van der Waals surface area contributed by atoms with E-state index in [0.717, 1.165) is 27.9 Å². The lowest BCUT2D eigenvalue weighted by atomic mass is 9.95. The zero-order valence-electron chi connectivity index (χ0n) is 17.7. The van der Waals surface area contributed by atoms with Gasteiger partial charge in [-0.3, -0.25) is 9.89 Å². The van der Waals surface area contributed by atoms with Gasteiger partial charge in [0.1, 0.15) is 5.69 Å². The number of hydrogen-bond donors (Lipinski definition) is 1. The average molecular weight is 462 g/mol. The first kappa shape index (κ1) is 20.8. The number of fused-ring (bicyclic) bond motifs is 1. The maximum Gasteiger partial charge on any atom is 0.273 e. The lowest BCUT2D eigenvalue weighted by Crippen LogP contribution is -2.29. The highest BCUT2D eigenvalue weighted by Gasteiger charge is 2.42. The normalized spacial score (nSPS) is 15.3. The Bertz CT molecular complexity index is 1310. The van der Waals surface area contributed by atoms with Crippen LogP contribution in [0.25, 0.3) is 11.3 Å². The molecule has 1 aliphatic rings. The van der Waals surface area contributed by atoms with Crippen LogP contribution in [0.4, 0.5) is 0 Å². The maximum absolute atomic E-state index is 13.5. The second-order valence-corrected chi connectivity index (χ2v) is 9.04. The predicted octanol–water partition coefficient (Wildman–Crippen LogP) is 6.75. The number of nitrogens with zero attached hydrogens (tertiary/aromatic N) is 2. The van der Waals surface area contributed by atoms with Gasteiger partial charge in [0, 0.05) is 17.7 Å². The fourth-order valence-corrected chi connectivity index (χ4v) is 4.52. The number of carbonyl (C=O) groups excluding carboxylic acids is 1. The van der Waals surface area contributed by atoms with Crippen molar-refractivity contribution >= 4 is 29.1 Å². The van der Waals surface area contributed by atoms with Crippen LogP contribution >= 0.6 is 23.2 Å². The molecule has 3 aromatic carbocycles. The molecule has 1 aliphatic heterocycles. The molecule has 1 atom stereocenters. The van der Waals surface area contributed by atoms with Crippen molar-refractivity contribution in [3.05, 3.63) is 110 Å². The number of halogens is 2. The van der Waals surface area contributed by atoms with Crippen molar-refractivity contribution in [2.75, 3.05) is 0 Å². The summed E-state index contributed by atoms with van der Waals surface area (Å²) >= 11 is 12.6. The number of hydrogen-bond acceptors (Lipinski definition) is 2. The van der Waals surface area contributed by atoms with Gasteiger partial charge in [0.05, 0.1) is 21.8 Å². The Hall–Kier alpha value is -3.08. The second-order valence-electron chi connectivity index (χ2n) is 8.22. The SMILES string of the molecule is Cc1ccc(CN2C(=O)c3[nH]nc(-c4ccc(C)cc4)c3C2c2ccc(Cl)c(Cl)c2)cc1. The zero-order valence-corrected chi connectivity index (χ0v) is 19.2. The quantitative estimate of drug-likeness (QED) is 0.365. The summed E-state index contributed by atoms with van der Waals surface area (Å²) in [5.74, 6) is -0.0810. The summed E-state index contributed by atoms with van der Waals surface area (Å²) in [6.45, 7) is 4.57. The summed E-state index contributed by atoms with van der Waals surface area (Å²) < 4.78 is 0. The molecule has 0 spiro atoms. The van der Waals surface area contributed by atoms with E-state index in [0.29, 0.717) is 22.3 Å². The number of aromatic amines is 1. The van der Waals surface area contributed by atoms with Crippen molar-refractivity contribution in [2.45, 2.75) is 26.4 Å². The molecule has 5 rings (SSSR count). The van der Waals surface area contributed by atoms with E-state index in [9.17, 15) is 4.79 Å².